The van der Waals surface area contributed by atoms with Gasteiger partial charge in [-0.1, -0.05) is 91.3 Å². The van der Waals surface area contributed by atoms with Crippen LogP contribution in [-0.2, 0) is 32.6 Å². The van der Waals surface area contributed by atoms with Crippen LogP contribution in [0.4, 0.5) is 5.69 Å². The van der Waals surface area contributed by atoms with Crippen molar-refractivity contribution in [3.05, 3.63) is 126 Å². The van der Waals surface area contributed by atoms with Crippen LogP contribution in [0, 0.1) is 6.92 Å². The van der Waals surface area contributed by atoms with Crippen LogP contribution in [-0.4, -0.2) is 51.4 Å². The van der Waals surface area contributed by atoms with Gasteiger partial charge < -0.3 is 15.0 Å². The van der Waals surface area contributed by atoms with Gasteiger partial charge in [-0.3, -0.25) is 13.9 Å². The molecule has 4 aromatic rings. The van der Waals surface area contributed by atoms with E-state index in [-0.39, 0.29) is 29.5 Å². The molecule has 0 saturated carbocycles. The predicted molar refractivity (Wildman–Crippen MR) is 173 cm³/mol. The Morgan fingerprint density at radius 3 is 2.14 bits per heavy atom. The number of ether oxygens (including phenoxy) is 1. The molecule has 4 rings (SSSR count). The number of hydrogen-bond acceptors (Lipinski definition) is 5. The van der Waals surface area contributed by atoms with Gasteiger partial charge in [0, 0.05) is 25.6 Å². The van der Waals surface area contributed by atoms with Gasteiger partial charge in [-0.25, -0.2) is 8.42 Å². The maximum absolute atomic E-state index is 14.4. The second-order valence-electron chi connectivity index (χ2n) is 10.5. The lowest BCUT2D eigenvalue weighted by molar-refractivity contribution is -0.140. The highest BCUT2D eigenvalue weighted by Gasteiger charge is 2.34. The van der Waals surface area contributed by atoms with Crippen molar-refractivity contribution < 1.29 is 22.7 Å². The van der Waals surface area contributed by atoms with Crippen molar-refractivity contribution in [1.82, 2.24) is 10.2 Å². The normalized spacial score (nSPS) is 11.8. The summed E-state index contributed by atoms with van der Waals surface area (Å²) in [5.74, 6) is -0.365. The summed E-state index contributed by atoms with van der Waals surface area (Å²) in [7, 11) is -2.68. The first-order valence-electron chi connectivity index (χ1n) is 14.6. The number of hydrogen-bond donors (Lipinski definition) is 1. The molecule has 0 radical (unpaired) electrons. The maximum Gasteiger partial charge on any atom is 0.264 e. The van der Waals surface area contributed by atoms with Gasteiger partial charge in [0.15, 0.2) is 0 Å². The summed E-state index contributed by atoms with van der Waals surface area (Å²) < 4.78 is 34.6. The van der Waals surface area contributed by atoms with Crippen LogP contribution in [0.5, 0.6) is 5.75 Å². The molecule has 8 nitrogen and oxygen atoms in total. The zero-order valence-electron chi connectivity index (χ0n) is 25.3. The molecule has 2 amide bonds. The lowest BCUT2D eigenvalue weighted by Gasteiger charge is -2.34. The third-order valence-corrected chi connectivity index (χ3v) is 9.03. The van der Waals surface area contributed by atoms with E-state index in [1.165, 1.54) is 24.1 Å². The highest BCUT2D eigenvalue weighted by Crippen LogP contribution is 2.28. The summed E-state index contributed by atoms with van der Waals surface area (Å²) in [6.07, 6.45) is 0.993. The molecule has 0 aromatic heterocycles. The number of amides is 2. The zero-order valence-corrected chi connectivity index (χ0v) is 26.2. The van der Waals surface area contributed by atoms with Crippen LogP contribution < -0.4 is 14.4 Å². The molecular formula is C35H39N3O5S. The van der Waals surface area contributed by atoms with E-state index in [2.05, 4.69) is 5.32 Å². The Kier molecular flexibility index (Phi) is 11.2. The summed E-state index contributed by atoms with van der Waals surface area (Å²) in [4.78, 5) is 29.7. The minimum atomic E-state index is -4.18. The standard InChI is InChI=1S/C35H39N3O5S/c1-4-22-36-35(40)33(23-28-12-7-5-8-13-28)37(25-29-20-18-27(2)19-21-29)34(39)26-38(30-14-11-15-31(24-30)43-3)44(41,42)32-16-9-6-10-17-32/h5-21,24,33H,4,22-23,25-26H2,1-3H3,(H,36,40). The van der Waals surface area contributed by atoms with Gasteiger partial charge in [0.2, 0.25) is 11.8 Å². The molecule has 0 spiro atoms. The van der Waals surface area contributed by atoms with Crippen molar-refractivity contribution >= 4 is 27.5 Å². The molecule has 0 saturated heterocycles. The molecule has 230 valence electrons. The smallest absolute Gasteiger partial charge is 0.264 e. The van der Waals surface area contributed by atoms with Crippen LogP contribution in [0.3, 0.4) is 0 Å². The fraction of sp³-hybridized carbons (Fsp3) is 0.257. The van der Waals surface area contributed by atoms with E-state index >= 15 is 0 Å². The molecule has 4 aromatic carbocycles. The van der Waals surface area contributed by atoms with E-state index in [4.69, 9.17) is 4.74 Å². The van der Waals surface area contributed by atoms with Crippen molar-refractivity contribution in [1.29, 1.82) is 0 Å². The minimum absolute atomic E-state index is 0.0437. The monoisotopic (exact) mass is 613 g/mol. The van der Waals surface area contributed by atoms with E-state index in [1.54, 1.807) is 42.5 Å². The lowest BCUT2D eigenvalue weighted by atomic mass is 10.0. The molecule has 0 heterocycles. The molecular weight excluding hydrogens is 574 g/mol. The fourth-order valence-corrected chi connectivity index (χ4v) is 6.25. The molecule has 9 heteroatoms. The van der Waals surface area contributed by atoms with Crippen molar-refractivity contribution in [2.24, 2.45) is 0 Å². The average molecular weight is 614 g/mol. The van der Waals surface area contributed by atoms with E-state index in [0.29, 0.717) is 12.3 Å². The van der Waals surface area contributed by atoms with Crippen LogP contribution >= 0.6 is 0 Å². The average Bonchev–Trinajstić information content (AvgIpc) is 3.05. The summed E-state index contributed by atoms with van der Waals surface area (Å²) in [6, 6.07) is 30.9. The molecule has 0 aliphatic carbocycles. The second-order valence-corrected chi connectivity index (χ2v) is 12.4. The van der Waals surface area contributed by atoms with Gasteiger partial charge in [0.25, 0.3) is 10.0 Å². The Hall–Kier alpha value is -4.63. The molecule has 0 bridgehead atoms. The molecule has 0 fully saturated rings. The molecule has 0 aliphatic heterocycles. The van der Waals surface area contributed by atoms with Crippen molar-refractivity contribution in [3.8, 4) is 5.75 Å². The Bertz CT molecular complexity index is 1630. The van der Waals surface area contributed by atoms with Crippen LogP contribution in [0.2, 0.25) is 0 Å². The summed E-state index contributed by atoms with van der Waals surface area (Å²) in [6.45, 7) is 3.98. The topological polar surface area (TPSA) is 96.0 Å². The van der Waals surface area contributed by atoms with Gasteiger partial charge >= 0.3 is 0 Å². The third kappa shape index (κ3) is 8.26. The number of aryl methyl sites for hydroxylation is 1. The Morgan fingerprint density at radius 2 is 1.50 bits per heavy atom. The number of nitrogens with one attached hydrogen (secondary N) is 1. The first-order chi connectivity index (χ1) is 21.2. The number of rotatable bonds is 14. The van der Waals surface area contributed by atoms with Crippen molar-refractivity contribution in [2.75, 3.05) is 24.5 Å². The Morgan fingerprint density at radius 1 is 0.841 bits per heavy atom. The number of sulfonamides is 1. The summed E-state index contributed by atoms with van der Waals surface area (Å²) in [5, 5.41) is 2.96. The molecule has 44 heavy (non-hydrogen) atoms. The molecule has 1 unspecified atom stereocenters. The van der Waals surface area contributed by atoms with E-state index in [0.717, 1.165) is 27.4 Å². The first-order valence-corrected chi connectivity index (χ1v) is 16.1. The minimum Gasteiger partial charge on any atom is -0.497 e. The van der Waals surface area contributed by atoms with Crippen LogP contribution in [0.1, 0.15) is 30.0 Å². The first kappa shape index (κ1) is 32.3. The largest absolute Gasteiger partial charge is 0.497 e. The summed E-state index contributed by atoms with van der Waals surface area (Å²) >= 11 is 0. The molecule has 1 N–H and O–H groups in total. The number of benzene rings is 4. The van der Waals surface area contributed by atoms with Crippen molar-refractivity contribution in [3.63, 3.8) is 0 Å². The zero-order chi connectivity index (χ0) is 31.5. The lowest BCUT2D eigenvalue weighted by Crippen LogP contribution is -2.53. The van der Waals surface area contributed by atoms with Crippen LogP contribution in [0.15, 0.2) is 114 Å². The SMILES string of the molecule is CCCNC(=O)C(Cc1ccccc1)N(Cc1ccc(C)cc1)C(=O)CN(c1cccc(OC)c1)S(=O)(=O)c1ccccc1. The van der Waals surface area contributed by atoms with Gasteiger partial charge in [-0.15, -0.1) is 0 Å². The van der Waals surface area contributed by atoms with Gasteiger partial charge in [-0.2, -0.15) is 0 Å². The van der Waals surface area contributed by atoms with Crippen LogP contribution in [0.25, 0.3) is 0 Å². The quantitative estimate of drug-likeness (QED) is 0.207. The molecule has 1 atom stereocenters. The molecule has 0 aliphatic rings. The van der Waals surface area contributed by atoms with Gasteiger partial charge in [0.1, 0.15) is 18.3 Å². The van der Waals surface area contributed by atoms with Gasteiger partial charge in [-0.05, 0) is 48.7 Å². The highest BCUT2D eigenvalue weighted by atomic mass is 32.2. The number of anilines is 1. The van der Waals surface area contributed by atoms with E-state index in [9.17, 15) is 18.0 Å². The van der Waals surface area contributed by atoms with E-state index < -0.39 is 28.5 Å². The Balaban J connectivity index is 1.79. The highest BCUT2D eigenvalue weighted by molar-refractivity contribution is 7.92. The number of nitrogens with zero attached hydrogens (tertiary/aromatic N) is 2. The van der Waals surface area contributed by atoms with Crippen molar-refractivity contribution in [2.45, 2.75) is 44.2 Å². The number of carbonyl (C=O) groups excluding carboxylic acids is 2. The number of methoxy groups -OCH3 is 1. The second kappa shape index (κ2) is 15.2. The third-order valence-electron chi connectivity index (χ3n) is 7.25. The Labute approximate surface area is 260 Å². The maximum atomic E-state index is 14.4. The van der Waals surface area contributed by atoms with Gasteiger partial charge in [0.05, 0.1) is 17.7 Å². The number of carbonyl (C=O) groups is 2. The summed E-state index contributed by atoms with van der Waals surface area (Å²) in [5.41, 5.74) is 3.04. The fourth-order valence-electron chi connectivity index (χ4n) is 4.82. The van der Waals surface area contributed by atoms with E-state index in [1.807, 2.05) is 68.4 Å². The predicted octanol–water partition coefficient (Wildman–Crippen LogP) is 5.37.